The van der Waals surface area contributed by atoms with Crippen molar-refractivity contribution in [1.82, 2.24) is 4.98 Å². The molecule has 0 aliphatic carbocycles. The predicted octanol–water partition coefficient (Wildman–Crippen LogP) is 3.52. The van der Waals surface area contributed by atoms with Crippen LogP contribution < -0.4 is 5.73 Å². The Hall–Kier alpha value is -2.53. The van der Waals surface area contributed by atoms with E-state index in [2.05, 4.69) is 9.72 Å². The number of esters is 1. The summed E-state index contributed by atoms with van der Waals surface area (Å²) in [5.74, 6) is -0.144. The number of nitrogens with two attached hydrogens (primary N) is 1. The number of aromatic nitrogens is 1. The molecule has 1 aromatic carbocycles. The standard InChI is InChI=1S/C15H11ClN2O3/c1-20-15(19)14-13(16)9(17)7-10(18-14)12-6-8-4-2-3-5-11(8)21-12/h2-7H,1H3,(H2,17,18). The number of halogens is 1. The lowest BCUT2D eigenvalue weighted by molar-refractivity contribution is 0.0594. The topological polar surface area (TPSA) is 78.3 Å². The molecule has 0 bridgehead atoms. The van der Waals surface area contributed by atoms with Gasteiger partial charge in [-0.05, 0) is 18.2 Å². The lowest BCUT2D eigenvalue weighted by atomic mass is 10.2. The summed E-state index contributed by atoms with van der Waals surface area (Å²) in [5.41, 5.74) is 7.18. The number of methoxy groups -OCH3 is 1. The smallest absolute Gasteiger partial charge is 0.358 e. The van der Waals surface area contributed by atoms with E-state index in [-0.39, 0.29) is 16.4 Å². The highest BCUT2D eigenvalue weighted by Gasteiger charge is 2.19. The molecule has 106 valence electrons. The van der Waals surface area contributed by atoms with E-state index in [9.17, 15) is 4.79 Å². The molecular weight excluding hydrogens is 292 g/mol. The number of fused-ring (bicyclic) bond motifs is 1. The minimum Gasteiger partial charge on any atom is -0.464 e. The van der Waals surface area contributed by atoms with Crippen molar-refractivity contribution in [1.29, 1.82) is 0 Å². The van der Waals surface area contributed by atoms with Gasteiger partial charge in [0.05, 0.1) is 17.8 Å². The van der Waals surface area contributed by atoms with Crippen LogP contribution in [0.1, 0.15) is 10.5 Å². The first kappa shape index (κ1) is 13.5. The Kier molecular flexibility index (Phi) is 3.27. The van der Waals surface area contributed by atoms with Gasteiger partial charge in [0.2, 0.25) is 0 Å². The van der Waals surface area contributed by atoms with E-state index in [0.29, 0.717) is 11.5 Å². The van der Waals surface area contributed by atoms with Crippen molar-refractivity contribution in [3.8, 4) is 11.5 Å². The number of furan rings is 1. The van der Waals surface area contributed by atoms with E-state index in [4.69, 9.17) is 21.8 Å². The number of benzene rings is 1. The molecule has 5 nitrogen and oxygen atoms in total. The minimum atomic E-state index is -0.648. The summed E-state index contributed by atoms with van der Waals surface area (Å²) in [5, 5.41) is 1.00. The Morgan fingerprint density at radius 2 is 2.10 bits per heavy atom. The molecule has 3 aromatic rings. The Balaban J connectivity index is 2.18. The van der Waals surface area contributed by atoms with Gasteiger partial charge in [0.25, 0.3) is 0 Å². The molecule has 0 atom stereocenters. The van der Waals surface area contributed by atoms with Crippen LogP contribution in [0.2, 0.25) is 5.02 Å². The first-order valence-electron chi connectivity index (χ1n) is 6.13. The average molecular weight is 303 g/mol. The normalized spacial score (nSPS) is 10.8. The lowest BCUT2D eigenvalue weighted by Gasteiger charge is -2.06. The van der Waals surface area contributed by atoms with Gasteiger partial charge in [0.1, 0.15) is 11.3 Å². The van der Waals surface area contributed by atoms with Gasteiger partial charge in [-0.2, -0.15) is 0 Å². The highest BCUT2D eigenvalue weighted by molar-refractivity contribution is 6.35. The number of carbonyl (C=O) groups excluding carboxylic acids is 1. The second-order valence-electron chi connectivity index (χ2n) is 4.40. The maximum absolute atomic E-state index is 11.7. The number of hydrogen-bond acceptors (Lipinski definition) is 5. The van der Waals surface area contributed by atoms with Gasteiger partial charge in [-0.15, -0.1) is 0 Å². The van der Waals surface area contributed by atoms with Crippen molar-refractivity contribution in [2.45, 2.75) is 0 Å². The van der Waals surface area contributed by atoms with Crippen LogP contribution >= 0.6 is 11.6 Å². The van der Waals surface area contributed by atoms with E-state index in [1.54, 1.807) is 6.07 Å². The van der Waals surface area contributed by atoms with Crippen LogP contribution in [0.3, 0.4) is 0 Å². The van der Waals surface area contributed by atoms with E-state index >= 15 is 0 Å². The van der Waals surface area contributed by atoms with Crippen molar-refractivity contribution in [2.75, 3.05) is 12.8 Å². The summed E-state index contributed by atoms with van der Waals surface area (Å²) < 4.78 is 10.4. The van der Waals surface area contributed by atoms with Crippen LogP contribution in [-0.2, 0) is 4.74 Å². The second kappa shape index (κ2) is 5.10. The zero-order valence-electron chi connectivity index (χ0n) is 11.1. The quantitative estimate of drug-likeness (QED) is 0.733. The van der Waals surface area contributed by atoms with Crippen molar-refractivity contribution >= 4 is 34.2 Å². The number of anilines is 1. The number of ether oxygens (including phenoxy) is 1. The molecule has 6 heteroatoms. The fraction of sp³-hybridized carbons (Fsp3) is 0.0667. The summed E-state index contributed by atoms with van der Waals surface area (Å²) in [7, 11) is 1.25. The van der Waals surface area contributed by atoms with Gasteiger partial charge >= 0.3 is 5.97 Å². The molecule has 0 radical (unpaired) electrons. The van der Waals surface area contributed by atoms with Gasteiger partial charge in [0, 0.05) is 5.39 Å². The van der Waals surface area contributed by atoms with E-state index in [0.717, 1.165) is 11.0 Å². The SMILES string of the molecule is COC(=O)c1nc(-c2cc3ccccc3o2)cc(N)c1Cl. The van der Waals surface area contributed by atoms with Crippen molar-refractivity contribution in [3.05, 3.63) is 47.1 Å². The van der Waals surface area contributed by atoms with Gasteiger partial charge in [-0.1, -0.05) is 29.8 Å². The first-order chi connectivity index (χ1) is 10.1. The number of nitrogen functional groups attached to an aromatic ring is 1. The highest BCUT2D eigenvalue weighted by Crippen LogP contribution is 2.31. The van der Waals surface area contributed by atoms with Crippen LogP contribution in [0.15, 0.2) is 40.8 Å². The molecule has 2 heterocycles. The minimum absolute atomic E-state index is 0.0328. The van der Waals surface area contributed by atoms with Crippen LogP contribution in [0, 0.1) is 0 Å². The Morgan fingerprint density at radius 1 is 1.33 bits per heavy atom. The maximum Gasteiger partial charge on any atom is 0.358 e. The molecule has 0 spiro atoms. The third-order valence-corrected chi connectivity index (χ3v) is 3.44. The summed E-state index contributed by atoms with van der Waals surface area (Å²) >= 11 is 5.99. The van der Waals surface area contributed by atoms with Crippen LogP contribution in [0.25, 0.3) is 22.4 Å². The zero-order valence-corrected chi connectivity index (χ0v) is 11.8. The van der Waals surface area contributed by atoms with E-state index in [1.807, 2.05) is 30.3 Å². The van der Waals surface area contributed by atoms with E-state index < -0.39 is 5.97 Å². The summed E-state index contributed by atoms with van der Waals surface area (Å²) in [6, 6.07) is 10.9. The fourth-order valence-electron chi connectivity index (χ4n) is 2.02. The third kappa shape index (κ3) is 2.32. The third-order valence-electron chi connectivity index (χ3n) is 3.04. The first-order valence-corrected chi connectivity index (χ1v) is 6.51. The molecule has 2 N–H and O–H groups in total. The molecule has 0 aliphatic heterocycles. The van der Waals surface area contributed by atoms with Gasteiger partial charge in [-0.3, -0.25) is 0 Å². The maximum atomic E-state index is 11.7. The fourth-order valence-corrected chi connectivity index (χ4v) is 2.19. The number of para-hydroxylation sites is 1. The largest absolute Gasteiger partial charge is 0.464 e. The number of carbonyl (C=O) groups is 1. The van der Waals surface area contributed by atoms with Gasteiger partial charge in [-0.25, -0.2) is 9.78 Å². The summed E-state index contributed by atoms with van der Waals surface area (Å²) in [4.78, 5) is 15.9. The van der Waals surface area contributed by atoms with Crippen LogP contribution in [-0.4, -0.2) is 18.1 Å². The summed E-state index contributed by atoms with van der Waals surface area (Å²) in [6.07, 6.45) is 0. The second-order valence-corrected chi connectivity index (χ2v) is 4.78. The Bertz CT molecular complexity index is 809. The Morgan fingerprint density at radius 3 is 2.81 bits per heavy atom. The monoisotopic (exact) mass is 302 g/mol. The molecule has 0 aliphatic rings. The molecule has 2 aromatic heterocycles. The number of hydrogen-bond donors (Lipinski definition) is 1. The molecule has 0 saturated heterocycles. The number of rotatable bonds is 2. The van der Waals surface area contributed by atoms with Gasteiger partial charge < -0.3 is 14.9 Å². The molecule has 0 fully saturated rings. The van der Waals surface area contributed by atoms with Crippen LogP contribution in [0.5, 0.6) is 0 Å². The number of nitrogens with zero attached hydrogens (tertiary/aromatic N) is 1. The molecule has 21 heavy (non-hydrogen) atoms. The van der Waals surface area contributed by atoms with E-state index in [1.165, 1.54) is 7.11 Å². The number of pyridine rings is 1. The zero-order chi connectivity index (χ0) is 15.0. The molecule has 3 rings (SSSR count). The highest BCUT2D eigenvalue weighted by atomic mass is 35.5. The van der Waals surface area contributed by atoms with Crippen molar-refractivity contribution in [2.24, 2.45) is 0 Å². The lowest BCUT2D eigenvalue weighted by Crippen LogP contribution is -2.07. The molecule has 0 amide bonds. The molecular formula is C15H11ClN2O3. The van der Waals surface area contributed by atoms with Crippen molar-refractivity contribution in [3.63, 3.8) is 0 Å². The molecule has 0 saturated carbocycles. The van der Waals surface area contributed by atoms with Crippen LogP contribution in [0.4, 0.5) is 5.69 Å². The molecule has 0 unspecified atom stereocenters. The predicted molar refractivity (Wildman–Crippen MR) is 80.2 cm³/mol. The van der Waals surface area contributed by atoms with Crippen molar-refractivity contribution < 1.29 is 13.9 Å². The summed E-state index contributed by atoms with van der Waals surface area (Å²) in [6.45, 7) is 0. The van der Waals surface area contributed by atoms with Gasteiger partial charge in [0.15, 0.2) is 11.5 Å². The Labute approximate surface area is 125 Å². The average Bonchev–Trinajstić information content (AvgIpc) is 2.93.